The van der Waals surface area contributed by atoms with Crippen molar-refractivity contribution < 1.29 is 4.79 Å². The highest BCUT2D eigenvalue weighted by molar-refractivity contribution is 5.88. The fourth-order valence-electron chi connectivity index (χ4n) is 2.05. The minimum absolute atomic E-state index is 0.100. The van der Waals surface area contributed by atoms with Crippen molar-refractivity contribution in [2.45, 2.75) is 6.92 Å². The van der Waals surface area contributed by atoms with E-state index in [4.69, 9.17) is 0 Å². The van der Waals surface area contributed by atoms with Gasteiger partial charge in [0.25, 0.3) is 0 Å². The smallest absolute Gasteiger partial charge is 0.221 e. The minimum Gasteiger partial charge on any atom is -0.340 e. The van der Waals surface area contributed by atoms with Crippen LogP contribution in [0.3, 0.4) is 0 Å². The van der Waals surface area contributed by atoms with E-state index < -0.39 is 0 Å². The first-order chi connectivity index (χ1) is 11.7. The second-order valence-electron chi connectivity index (χ2n) is 5.01. The molecule has 7 nitrogen and oxygen atoms in total. The van der Waals surface area contributed by atoms with Crippen LogP contribution in [0.5, 0.6) is 0 Å². The van der Waals surface area contributed by atoms with Crippen molar-refractivity contribution in [3.8, 4) is 0 Å². The molecule has 0 saturated carbocycles. The van der Waals surface area contributed by atoms with Crippen molar-refractivity contribution in [1.29, 1.82) is 0 Å². The highest BCUT2D eigenvalue weighted by atomic mass is 16.1. The van der Waals surface area contributed by atoms with Crippen LogP contribution in [0.2, 0.25) is 0 Å². The standard InChI is InChI=1S/C17H16N6O/c1-12(24)21-13-5-7-14(8-6-13)22-16-10-17(20-11-19-16)23-15-4-2-3-9-18-15/h2-11H,1H3,(H,21,24)(H2,18,19,20,22,23). The van der Waals surface area contributed by atoms with Crippen LogP contribution in [-0.2, 0) is 4.79 Å². The molecule has 0 aliphatic carbocycles. The van der Waals surface area contributed by atoms with Gasteiger partial charge in [0.2, 0.25) is 5.91 Å². The Morgan fingerprint density at radius 3 is 2.21 bits per heavy atom. The molecule has 0 aliphatic heterocycles. The Balaban J connectivity index is 1.69. The van der Waals surface area contributed by atoms with Gasteiger partial charge in [-0.05, 0) is 36.4 Å². The molecule has 0 atom stereocenters. The van der Waals surface area contributed by atoms with Crippen molar-refractivity contribution >= 4 is 34.7 Å². The molecule has 3 aromatic rings. The van der Waals surface area contributed by atoms with Gasteiger partial charge < -0.3 is 16.0 Å². The molecule has 2 aromatic heterocycles. The van der Waals surface area contributed by atoms with E-state index in [1.807, 2.05) is 42.5 Å². The molecule has 0 fully saturated rings. The van der Waals surface area contributed by atoms with Gasteiger partial charge in [0.05, 0.1) is 0 Å². The van der Waals surface area contributed by atoms with Gasteiger partial charge in [-0.15, -0.1) is 0 Å². The van der Waals surface area contributed by atoms with Crippen molar-refractivity contribution in [1.82, 2.24) is 15.0 Å². The Morgan fingerprint density at radius 2 is 1.54 bits per heavy atom. The van der Waals surface area contributed by atoms with Crippen LogP contribution in [0.4, 0.5) is 28.8 Å². The molecule has 0 radical (unpaired) electrons. The van der Waals surface area contributed by atoms with Gasteiger partial charge >= 0.3 is 0 Å². The number of amides is 1. The maximum atomic E-state index is 11.0. The van der Waals surface area contributed by atoms with Crippen LogP contribution >= 0.6 is 0 Å². The molecule has 3 rings (SSSR count). The Labute approximate surface area is 139 Å². The summed E-state index contributed by atoms with van der Waals surface area (Å²) in [5.74, 6) is 1.90. The molecular weight excluding hydrogens is 304 g/mol. The second-order valence-corrected chi connectivity index (χ2v) is 5.01. The molecular formula is C17H16N6O. The number of carbonyl (C=O) groups is 1. The van der Waals surface area contributed by atoms with Crippen LogP contribution in [0.25, 0.3) is 0 Å². The quantitative estimate of drug-likeness (QED) is 0.668. The molecule has 1 amide bonds. The van der Waals surface area contributed by atoms with Gasteiger partial charge in [0, 0.05) is 30.6 Å². The molecule has 7 heteroatoms. The van der Waals surface area contributed by atoms with E-state index in [0.29, 0.717) is 17.5 Å². The van der Waals surface area contributed by atoms with E-state index in [9.17, 15) is 4.79 Å². The Morgan fingerprint density at radius 1 is 0.833 bits per heavy atom. The number of rotatable bonds is 5. The lowest BCUT2D eigenvalue weighted by atomic mass is 10.2. The van der Waals surface area contributed by atoms with E-state index in [-0.39, 0.29) is 5.91 Å². The summed E-state index contributed by atoms with van der Waals surface area (Å²) in [5.41, 5.74) is 1.60. The lowest BCUT2D eigenvalue weighted by Gasteiger charge is -2.09. The largest absolute Gasteiger partial charge is 0.340 e. The zero-order chi connectivity index (χ0) is 16.8. The third kappa shape index (κ3) is 4.26. The number of benzene rings is 1. The maximum absolute atomic E-state index is 11.0. The number of nitrogens with zero attached hydrogens (tertiary/aromatic N) is 3. The first kappa shape index (κ1) is 15.4. The third-order valence-corrected chi connectivity index (χ3v) is 3.07. The number of hydrogen-bond acceptors (Lipinski definition) is 6. The first-order valence-electron chi connectivity index (χ1n) is 7.34. The first-order valence-corrected chi connectivity index (χ1v) is 7.34. The van der Waals surface area contributed by atoms with Gasteiger partial charge in [0.1, 0.15) is 23.8 Å². The average Bonchev–Trinajstić information content (AvgIpc) is 2.57. The lowest BCUT2D eigenvalue weighted by Crippen LogP contribution is -2.05. The van der Waals surface area contributed by atoms with Crippen molar-refractivity contribution in [3.63, 3.8) is 0 Å². The minimum atomic E-state index is -0.100. The number of pyridine rings is 1. The monoisotopic (exact) mass is 320 g/mol. The van der Waals surface area contributed by atoms with Crippen molar-refractivity contribution in [2.75, 3.05) is 16.0 Å². The fourth-order valence-corrected chi connectivity index (χ4v) is 2.05. The summed E-state index contributed by atoms with van der Waals surface area (Å²) in [7, 11) is 0. The van der Waals surface area contributed by atoms with Crippen molar-refractivity contribution in [3.05, 3.63) is 61.1 Å². The van der Waals surface area contributed by atoms with Crippen LogP contribution < -0.4 is 16.0 Å². The Bertz CT molecular complexity index is 820. The summed E-state index contributed by atoms with van der Waals surface area (Å²) in [4.78, 5) is 23.6. The van der Waals surface area contributed by atoms with Gasteiger partial charge in [-0.25, -0.2) is 15.0 Å². The number of nitrogens with one attached hydrogen (secondary N) is 3. The van der Waals surface area contributed by atoms with Crippen LogP contribution in [0, 0.1) is 0 Å². The van der Waals surface area contributed by atoms with E-state index in [0.717, 1.165) is 11.4 Å². The van der Waals surface area contributed by atoms with E-state index in [1.54, 1.807) is 12.3 Å². The molecule has 0 aliphatic rings. The highest BCUT2D eigenvalue weighted by Gasteiger charge is 2.02. The molecule has 120 valence electrons. The van der Waals surface area contributed by atoms with E-state index in [1.165, 1.54) is 13.3 Å². The summed E-state index contributed by atoms with van der Waals surface area (Å²) in [6.45, 7) is 1.48. The number of hydrogen-bond donors (Lipinski definition) is 3. The molecule has 24 heavy (non-hydrogen) atoms. The molecule has 3 N–H and O–H groups in total. The summed E-state index contributed by atoms with van der Waals surface area (Å²) in [6.07, 6.45) is 3.18. The van der Waals surface area contributed by atoms with E-state index >= 15 is 0 Å². The summed E-state index contributed by atoms with van der Waals surface area (Å²) in [5, 5.41) is 9.02. The van der Waals surface area contributed by atoms with Crippen LogP contribution in [0.1, 0.15) is 6.92 Å². The Kier molecular flexibility index (Phi) is 4.62. The Hall–Kier alpha value is -3.48. The van der Waals surface area contributed by atoms with Crippen LogP contribution in [0.15, 0.2) is 61.1 Å². The summed E-state index contributed by atoms with van der Waals surface area (Å²) in [6, 6.07) is 14.7. The number of anilines is 5. The maximum Gasteiger partial charge on any atom is 0.221 e. The fraction of sp³-hybridized carbons (Fsp3) is 0.0588. The molecule has 0 bridgehead atoms. The molecule has 0 saturated heterocycles. The predicted molar refractivity (Wildman–Crippen MR) is 93.6 cm³/mol. The zero-order valence-electron chi connectivity index (χ0n) is 13.0. The third-order valence-electron chi connectivity index (χ3n) is 3.07. The number of aromatic nitrogens is 3. The number of carbonyl (C=O) groups excluding carboxylic acids is 1. The van der Waals surface area contributed by atoms with Crippen LogP contribution in [-0.4, -0.2) is 20.9 Å². The summed E-state index contributed by atoms with van der Waals surface area (Å²) >= 11 is 0. The average molecular weight is 320 g/mol. The molecule has 1 aromatic carbocycles. The predicted octanol–water partition coefficient (Wildman–Crippen LogP) is 3.32. The zero-order valence-corrected chi connectivity index (χ0v) is 13.0. The van der Waals surface area contributed by atoms with Gasteiger partial charge in [0.15, 0.2) is 0 Å². The highest BCUT2D eigenvalue weighted by Crippen LogP contribution is 2.20. The van der Waals surface area contributed by atoms with E-state index in [2.05, 4.69) is 30.9 Å². The normalized spacial score (nSPS) is 10.0. The molecule has 0 unspecified atom stereocenters. The van der Waals surface area contributed by atoms with Gasteiger partial charge in [-0.3, -0.25) is 4.79 Å². The lowest BCUT2D eigenvalue weighted by molar-refractivity contribution is -0.114. The van der Waals surface area contributed by atoms with Crippen molar-refractivity contribution in [2.24, 2.45) is 0 Å². The second kappa shape index (κ2) is 7.19. The summed E-state index contributed by atoms with van der Waals surface area (Å²) < 4.78 is 0. The van der Waals surface area contributed by atoms with Gasteiger partial charge in [-0.2, -0.15) is 0 Å². The topological polar surface area (TPSA) is 91.8 Å². The SMILES string of the molecule is CC(=O)Nc1ccc(Nc2cc(Nc3ccccn3)ncn2)cc1. The van der Waals surface area contributed by atoms with Gasteiger partial charge in [-0.1, -0.05) is 6.07 Å². The molecule has 2 heterocycles. The molecule has 0 spiro atoms.